The van der Waals surface area contributed by atoms with Crippen LogP contribution < -0.4 is 5.73 Å². The Balaban J connectivity index is 2.34. The van der Waals surface area contributed by atoms with Crippen LogP contribution in [0.4, 0.5) is 0 Å². The number of rotatable bonds is 8. The van der Waals surface area contributed by atoms with Crippen LogP contribution in [0.5, 0.6) is 0 Å². The molecule has 3 N–H and O–H groups in total. The molecule has 102 valence electrons. The Kier molecular flexibility index (Phi) is 5.82. The maximum Gasteiger partial charge on any atom is 0.0963 e. The van der Waals surface area contributed by atoms with E-state index in [4.69, 9.17) is 11.1 Å². The summed E-state index contributed by atoms with van der Waals surface area (Å²) < 4.78 is 0. The topological polar surface area (TPSA) is 53.1 Å². The van der Waals surface area contributed by atoms with Crippen LogP contribution >= 0.6 is 11.3 Å². The molecule has 4 heteroatoms. The molecule has 0 aliphatic carbocycles. The second kappa shape index (κ2) is 6.90. The van der Waals surface area contributed by atoms with Gasteiger partial charge in [-0.2, -0.15) is 0 Å². The molecule has 3 nitrogen and oxygen atoms in total. The molecular weight excluding hydrogens is 242 g/mol. The minimum absolute atomic E-state index is 0.164. The maximum atomic E-state index is 7.55. The summed E-state index contributed by atoms with van der Waals surface area (Å²) in [4.78, 5) is 3.87. The molecule has 0 atom stereocenters. The van der Waals surface area contributed by atoms with Crippen molar-refractivity contribution in [1.82, 2.24) is 4.90 Å². The third-order valence-corrected chi connectivity index (χ3v) is 4.27. The van der Waals surface area contributed by atoms with Crippen LogP contribution in [-0.2, 0) is 6.54 Å². The van der Waals surface area contributed by atoms with E-state index in [1.54, 1.807) is 0 Å². The predicted octanol–water partition coefficient (Wildman–Crippen LogP) is 3.31. The monoisotopic (exact) mass is 267 g/mol. The first kappa shape index (κ1) is 15.2. The van der Waals surface area contributed by atoms with Gasteiger partial charge >= 0.3 is 0 Å². The molecule has 0 saturated heterocycles. The molecule has 0 aliphatic rings. The molecule has 1 aromatic heterocycles. The first-order chi connectivity index (χ1) is 8.45. The van der Waals surface area contributed by atoms with Gasteiger partial charge in [-0.15, -0.1) is 11.3 Å². The van der Waals surface area contributed by atoms with E-state index in [0.717, 1.165) is 32.5 Å². The van der Waals surface area contributed by atoms with Crippen LogP contribution in [0.2, 0.25) is 0 Å². The lowest BCUT2D eigenvalue weighted by Gasteiger charge is -2.25. The van der Waals surface area contributed by atoms with Crippen LogP contribution in [0.3, 0.4) is 0 Å². The summed E-state index contributed by atoms with van der Waals surface area (Å²) in [7, 11) is 0. The van der Waals surface area contributed by atoms with E-state index in [1.165, 1.54) is 4.88 Å². The molecule has 0 bridgehead atoms. The van der Waals surface area contributed by atoms with Crippen molar-refractivity contribution in [1.29, 1.82) is 5.41 Å². The van der Waals surface area contributed by atoms with Crippen molar-refractivity contribution in [2.75, 3.05) is 13.1 Å². The molecule has 0 unspecified atom stereocenters. The zero-order chi connectivity index (χ0) is 13.6. The van der Waals surface area contributed by atoms with Crippen molar-refractivity contribution in [3.05, 3.63) is 22.4 Å². The summed E-state index contributed by atoms with van der Waals surface area (Å²) in [6.45, 7) is 9.47. The van der Waals surface area contributed by atoms with Crippen molar-refractivity contribution in [2.45, 2.75) is 40.2 Å². The van der Waals surface area contributed by atoms with Gasteiger partial charge < -0.3 is 5.73 Å². The van der Waals surface area contributed by atoms with Gasteiger partial charge in [-0.25, -0.2) is 0 Å². The van der Waals surface area contributed by atoms with Crippen molar-refractivity contribution < 1.29 is 0 Å². The van der Waals surface area contributed by atoms with Crippen LogP contribution in [0.15, 0.2) is 17.5 Å². The van der Waals surface area contributed by atoms with Gasteiger partial charge in [0, 0.05) is 16.8 Å². The highest BCUT2D eigenvalue weighted by Crippen LogP contribution is 2.22. The Bertz CT molecular complexity index is 357. The average molecular weight is 267 g/mol. The van der Waals surface area contributed by atoms with Crippen molar-refractivity contribution in [3.8, 4) is 0 Å². The number of hydrogen-bond donors (Lipinski definition) is 2. The minimum Gasteiger partial charge on any atom is -0.387 e. The molecule has 0 aliphatic heterocycles. The van der Waals surface area contributed by atoms with Crippen molar-refractivity contribution in [2.24, 2.45) is 11.1 Å². The highest BCUT2D eigenvalue weighted by molar-refractivity contribution is 7.09. The molecule has 18 heavy (non-hydrogen) atoms. The number of amidine groups is 1. The third kappa shape index (κ3) is 4.78. The summed E-state index contributed by atoms with van der Waals surface area (Å²) in [5, 5.41) is 9.68. The number of hydrogen-bond acceptors (Lipinski definition) is 3. The number of thiophene rings is 1. The Morgan fingerprint density at radius 3 is 2.72 bits per heavy atom. The molecule has 0 saturated carbocycles. The lowest BCUT2D eigenvalue weighted by Crippen LogP contribution is -2.32. The predicted molar refractivity (Wildman–Crippen MR) is 80.2 cm³/mol. The highest BCUT2D eigenvalue weighted by Gasteiger charge is 2.21. The fraction of sp³-hybridized carbons (Fsp3) is 0.643. The fourth-order valence-electron chi connectivity index (χ4n) is 1.85. The quantitative estimate of drug-likeness (QED) is 0.561. The van der Waals surface area contributed by atoms with Crippen LogP contribution in [0, 0.1) is 10.8 Å². The smallest absolute Gasteiger partial charge is 0.0963 e. The van der Waals surface area contributed by atoms with Gasteiger partial charge in [-0.1, -0.05) is 26.8 Å². The van der Waals surface area contributed by atoms with E-state index >= 15 is 0 Å². The number of nitrogens with one attached hydrogen (secondary N) is 1. The molecule has 1 aromatic rings. The van der Waals surface area contributed by atoms with Crippen molar-refractivity contribution in [3.63, 3.8) is 0 Å². The third-order valence-electron chi connectivity index (χ3n) is 3.41. The summed E-state index contributed by atoms with van der Waals surface area (Å²) >= 11 is 1.81. The lowest BCUT2D eigenvalue weighted by atomic mass is 9.86. The Hall–Kier alpha value is -0.870. The minimum atomic E-state index is -0.164. The zero-order valence-electron chi connectivity index (χ0n) is 11.7. The second-order valence-electron chi connectivity index (χ2n) is 5.35. The molecule has 1 heterocycles. The van der Waals surface area contributed by atoms with E-state index < -0.39 is 0 Å². The van der Waals surface area contributed by atoms with Gasteiger partial charge in [-0.3, -0.25) is 10.3 Å². The standard InChI is InChI=1S/C14H25N3S/c1-4-17(11-12-7-5-10-18-12)9-6-8-14(2,3)13(15)16/h5,7,10H,4,6,8-9,11H2,1-3H3,(H3,15,16). The first-order valence-electron chi connectivity index (χ1n) is 6.55. The van der Waals surface area contributed by atoms with Gasteiger partial charge in [-0.05, 0) is 37.4 Å². The molecule has 0 radical (unpaired) electrons. The zero-order valence-corrected chi connectivity index (χ0v) is 12.5. The normalized spacial score (nSPS) is 12.0. The van der Waals surface area contributed by atoms with Gasteiger partial charge in [0.25, 0.3) is 0 Å². The van der Waals surface area contributed by atoms with E-state index in [9.17, 15) is 0 Å². The summed E-state index contributed by atoms with van der Waals surface area (Å²) in [6.07, 6.45) is 2.06. The van der Waals surface area contributed by atoms with Gasteiger partial charge in [0.05, 0.1) is 5.84 Å². The Morgan fingerprint density at radius 2 is 2.22 bits per heavy atom. The Morgan fingerprint density at radius 1 is 1.50 bits per heavy atom. The van der Waals surface area contributed by atoms with E-state index in [-0.39, 0.29) is 5.41 Å². The number of nitrogens with two attached hydrogens (primary N) is 1. The van der Waals surface area contributed by atoms with E-state index in [0.29, 0.717) is 5.84 Å². The van der Waals surface area contributed by atoms with Gasteiger partial charge in [0.2, 0.25) is 0 Å². The van der Waals surface area contributed by atoms with Crippen molar-refractivity contribution >= 4 is 17.2 Å². The van der Waals surface area contributed by atoms with Crippen LogP contribution in [0.25, 0.3) is 0 Å². The summed E-state index contributed by atoms with van der Waals surface area (Å²) in [5.41, 5.74) is 5.44. The maximum absolute atomic E-state index is 7.55. The van der Waals surface area contributed by atoms with Crippen LogP contribution in [-0.4, -0.2) is 23.8 Å². The molecule has 0 spiro atoms. The molecule has 0 fully saturated rings. The average Bonchev–Trinajstić information content (AvgIpc) is 2.80. The molecular formula is C14H25N3S. The highest BCUT2D eigenvalue weighted by atomic mass is 32.1. The van der Waals surface area contributed by atoms with Crippen LogP contribution in [0.1, 0.15) is 38.5 Å². The number of nitrogens with zero attached hydrogens (tertiary/aromatic N) is 1. The first-order valence-corrected chi connectivity index (χ1v) is 7.43. The molecule has 0 aromatic carbocycles. The van der Waals surface area contributed by atoms with Gasteiger partial charge in [0.15, 0.2) is 0 Å². The largest absolute Gasteiger partial charge is 0.387 e. The molecule has 0 amide bonds. The SMILES string of the molecule is CCN(CCCC(C)(C)C(=N)N)Cc1cccs1. The van der Waals surface area contributed by atoms with Gasteiger partial charge in [0.1, 0.15) is 0 Å². The Labute approximate surface area is 115 Å². The van der Waals surface area contributed by atoms with E-state index in [2.05, 4.69) is 29.3 Å². The second-order valence-corrected chi connectivity index (χ2v) is 6.38. The molecule has 1 rings (SSSR count). The summed E-state index contributed by atoms with van der Waals surface area (Å²) in [5.74, 6) is 0.295. The fourth-order valence-corrected chi connectivity index (χ4v) is 2.60. The lowest BCUT2D eigenvalue weighted by molar-refractivity contribution is 0.264. The van der Waals surface area contributed by atoms with E-state index in [1.807, 2.05) is 25.2 Å². The summed E-state index contributed by atoms with van der Waals surface area (Å²) in [6, 6.07) is 4.29.